The van der Waals surface area contributed by atoms with Crippen molar-refractivity contribution in [1.29, 1.82) is 0 Å². The molecule has 0 aliphatic carbocycles. The van der Waals surface area contributed by atoms with Crippen LogP contribution in [0.3, 0.4) is 0 Å². The summed E-state index contributed by atoms with van der Waals surface area (Å²) in [6.07, 6.45) is 10.6. The third kappa shape index (κ3) is 5.30. The minimum Gasteiger partial charge on any atom is -0.347 e. The predicted molar refractivity (Wildman–Crippen MR) is 82.4 cm³/mol. The van der Waals surface area contributed by atoms with Gasteiger partial charge < -0.3 is 5.32 Å². The zero-order chi connectivity index (χ0) is 14.0. The fourth-order valence-corrected chi connectivity index (χ4v) is 1.31. The number of hydrogen-bond donors (Lipinski definition) is 1. The first kappa shape index (κ1) is 15.9. The highest BCUT2D eigenvalue weighted by atomic mass is 15.0. The van der Waals surface area contributed by atoms with Crippen molar-refractivity contribution in [2.45, 2.75) is 13.8 Å². The van der Waals surface area contributed by atoms with Gasteiger partial charge >= 0.3 is 0 Å². The summed E-state index contributed by atoms with van der Waals surface area (Å²) >= 11 is 0. The van der Waals surface area contributed by atoms with E-state index in [0.29, 0.717) is 11.8 Å². The van der Waals surface area contributed by atoms with E-state index in [1.54, 1.807) is 12.3 Å². The van der Waals surface area contributed by atoms with E-state index >= 15 is 0 Å². The summed E-state index contributed by atoms with van der Waals surface area (Å²) in [4.78, 5) is 4.14. The van der Waals surface area contributed by atoms with Crippen LogP contribution in [0.4, 0.5) is 0 Å². The van der Waals surface area contributed by atoms with Crippen LogP contribution in [0, 0.1) is 5.92 Å². The monoisotopic (exact) mass is 242 g/mol. The lowest BCUT2D eigenvalue weighted by Crippen LogP contribution is -2.18. The fourth-order valence-electron chi connectivity index (χ4n) is 1.31. The van der Waals surface area contributed by atoms with Crippen molar-refractivity contribution in [2.24, 2.45) is 10.9 Å². The zero-order valence-corrected chi connectivity index (χ0v) is 11.3. The molecule has 0 aromatic carbocycles. The van der Waals surface area contributed by atoms with E-state index in [1.165, 1.54) is 6.20 Å². The van der Waals surface area contributed by atoms with Crippen LogP contribution in [0.5, 0.6) is 0 Å². The van der Waals surface area contributed by atoms with E-state index < -0.39 is 0 Å². The smallest absolute Gasteiger partial charge is 0.137 e. The number of aliphatic imine (C=N–C) groups is 1. The highest BCUT2D eigenvalue weighted by Crippen LogP contribution is 2.11. The van der Waals surface area contributed by atoms with Crippen molar-refractivity contribution in [3.63, 3.8) is 0 Å². The highest BCUT2D eigenvalue weighted by Gasteiger charge is 2.01. The Kier molecular flexibility index (Phi) is 7.95. The normalized spacial score (nSPS) is 13.2. The van der Waals surface area contributed by atoms with Crippen molar-refractivity contribution >= 4 is 5.84 Å². The molecule has 0 saturated carbocycles. The Labute approximate surface area is 111 Å². The van der Waals surface area contributed by atoms with Gasteiger partial charge in [0.2, 0.25) is 0 Å². The van der Waals surface area contributed by atoms with Crippen molar-refractivity contribution in [3.8, 4) is 0 Å². The summed E-state index contributed by atoms with van der Waals surface area (Å²) in [5.41, 5.74) is 2.03. The van der Waals surface area contributed by atoms with Gasteiger partial charge in [-0.25, -0.2) is 4.99 Å². The van der Waals surface area contributed by atoms with Crippen LogP contribution in [-0.2, 0) is 0 Å². The Morgan fingerprint density at radius 1 is 1.06 bits per heavy atom. The minimum absolute atomic E-state index is 0.428. The summed E-state index contributed by atoms with van der Waals surface area (Å²) in [5, 5.41) is 2.95. The first-order valence-corrected chi connectivity index (χ1v) is 5.83. The van der Waals surface area contributed by atoms with E-state index in [2.05, 4.69) is 50.5 Å². The molecule has 0 radical (unpaired) electrons. The molecule has 0 bridgehead atoms. The molecule has 2 heteroatoms. The third-order valence-corrected chi connectivity index (χ3v) is 2.31. The molecule has 0 fully saturated rings. The Balaban J connectivity index is 5.34. The average molecular weight is 242 g/mol. The molecule has 0 heterocycles. The van der Waals surface area contributed by atoms with Crippen LogP contribution in [0.1, 0.15) is 13.8 Å². The molecule has 0 aliphatic heterocycles. The van der Waals surface area contributed by atoms with Gasteiger partial charge in [0.05, 0.1) is 0 Å². The predicted octanol–water partition coefficient (Wildman–Crippen LogP) is 4.14. The van der Waals surface area contributed by atoms with Crippen LogP contribution in [0.2, 0.25) is 0 Å². The maximum atomic E-state index is 4.14. The number of nitrogens with zero attached hydrogens (tertiary/aromatic N) is 1. The van der Waals surface area contributed by atoms with Crippen LogP contribution < -0.4 is 5.32 Å². The van der Waals surface area contributed by atoms with Gasteiger partial charge in [0, 0.05) is 11.8 Å². The van der Waals surface area contributed by atoms with Crippen molar-refractivity contribution < 1.29 is 0 Å². The average Bonchev–Trinajstić information content (AvgIpc) is 2.34. The van der Waals surface area contributed by atoms with Gasteiger partial charge in [0.1, 0.15) is 5.84 Å². The lowest BCUT2D eigenvalue weighted by Gasteiger charge is -2.07. The number of nitrogens with one attached hydrogen (secondary N) is 1. The van der Waals surface area contributed by atoms with E-state index in [9.17, 15) is 0 Å². The summed E-state index contributed by atoms with van der Waals surface area (Å²) in [7, 11) is 0. The van der Waals surface area contributed by atoms with Crippen LogP contribution >= 0.6 is 0 Å². The van der Waals surface area contributed by atoms with Gasteiger partial charge in [-0.1, -0.05) is 64.5 Å². The van der Waals surface area contributed by atoms with E-state index in [-0.39, 0.29) is 0 Å². The molecule has 96 valence electrons. The molecule has 0 saturated heterocycles. The molecule has 0 aromatic heterocycles. The topological polar surface area (TPSA) is 24.4 Å². The lowest BCUT2D eigenvalue weighted by molar-refractivity contribution is 0.792. The Hall–Kier alpha value is -2.09. The summed E-state index contributed by atoms with van der Waals surface area (Å²) < 4.78 is 0. The van der Waals surface area contributed by atoms with Crippen molar-refractivity contribution in [3.05, 3.63) is 74.2 Å². The van der Waals surface area contributed by atoms with Gasteiger partial charge in [-0.15, -0.1) is 0 Å². The van der Waals surface area contributed by atoms with Crippen LogP contribution in [-0.4, -0.2) is 5.84 Å². The fraction of sp³-hybridized carbons (Fsp3) is 0.188. The van der Waals surface area contributed by atoms with Gasteiger partial charge in [-0.2, -0.15) is 0 Å². The molecule has 0 aromatic rings. The lowest BCUT2D eigenvalue weighted by atomic mass is 10.0. The largest absolute Gasteiger partial charge is 0.347 e. The second-order valence-electron chi connectivity index (χ2n) is 3.86. The summed E-state index contributed by atoms with van der Waals surface area (Å²) in [6, 6.07) is 0. The molecule has 0 rings (SSSR count). The highest BCUT2D eigenvalue weighted by molar-refractivity contribution is 6.01. The van der Waals surface area contributed by atoms with E-state index in [0.717, 1.165) is 11.1 Å². The molecular formula is C16H22N2. The van der Waals surface area contributed by atoms with Crippen LogP contribution in [0.25, 0.3) is 0 Å². The molecule has 2 nitrogen and oxygen atoms in total. The molecular weight excluding hydrogens is 220 g/mol. The van der Waals surface area contributed by atoms with Gasteiger partial charge in [-0.05, 0) is 17.7 Å². The maximum Gasteiger partial charge on any atom is 0.137 e. The number of hydrogen-bond acceptors (Lipinski definition) is 1. The molecule has 0 atom stereocenters. The van der Waals surface area contributed by atoms with Crippen LogP contribution in [0.15, 0.2) is 79.2 Å². The molecule has 0 aliphatic rings. The van der Waals surface area contributed by atoms with Gasteiger partial charge in [0.15, 0.2) is 0 Å². The van der Waals surface area contributed by atoms with Gasteiger partial charge in [-0.3, -0.25) is 0 Å². The Bertz CT molecular complexity index is 407. The SMILES string of the molecule is C=C/N=C(NC=C)/C(C=C)=C/C=C(\C=C)C(C)C. The van der Waals surface area contributed by atoms with Gasteiger partial charge in [0.25, 0.3) is 0 Å². The maximum absolute atomic E-state index is 4.14. The zero-order valence-electron chi connectivity index (χ0n) is 11.3. The Morgan fingerprint density at radius 2 is 1.72 bits per heavy atom. The third-order valence-electron chi connectivity index (χ3n) is 2.31. The second kappa shape index (κ2) is 8.99. The standard InChI is InChI=1S/C16H22N2/c1-7-14(13(5)6)11-12-15(8-2)16(17-9-3)18-10-4/h7-13H,1-4H2,5-6H3,(H,17,18)/b14-11+,15-12+. The summed E-state index contributed by atoms with van der Waals surface area (Å²) in [5.74, 6) is 1.09. The molecule has 1 N–H and O–H groups in total. The second-order valence-corrected chi connectivity index (χ2v) is 3.86. The molecule has 0 amide bonds. The Morgan fingerprint density at radius 3 is 2.11 bits per heavy atom. The first-order valence-electron chi connectivity index (χ1n) is 5.83. The van der Waals surface area contributed by atoms with E-state index in [1.807, 2.05) is 18.2 Å². The molecule has 0 spiro atoms. The number of allylic oxidation sites excluding steroid dienone is 4. The minimum atomic E-state index is 0.428. The summed E-state index contributed by atoms with van der Waals surface area (Å²) in [6.45, 7) is 19.0. The molecule has 0 unspecified atom stereocenters. The van der Waals surface area contributed by atoms with Crippen molar-refractivity contribution in [1.82, 2.24) is 5.32 Å². The van der Waals surface area contributed by atoms with E-state index in [4.69, 9.17) is 0 Å². The number of amidine groups is 1. The molecule has 18 heavy (non-hydrogen) atoms. The van der Waals surface area contributed by atoms with Crippen molar-refractivity contribution in [2.75, 3.05) is 0 Å². The quantitative estimate of drug-likeness (QED) is 0.405. The first-order chi connectivity index (χ1) is 8.60. The number of rotatable bonds is 7.